The molecule has 2 aliphatic rings. The van der Waals surface area contributed by atoms with Gasteiger partial charge in [0.1, 0.15) is 29.1 Å². The fraction of sp³-hybridized carbons (Fsp3) is 0.259. The fourth-order valence-corrected chi connectivity index (χ4v) is 4.40. The van der Waals surface area contributed by atoms with Gasteiger partial charge in [-0.25, -0.2) is 9.97 Å². The number of nitrogens with zero attached hydrogens (tertiary/aromatic N) is 2. The molecule has 0 bridgehead atoms. The van der Waals surface area contributed by atoms with E-state index in [4.69, 9.17) is 10.5 Å². The quantitative estimate of drug-likeness (QED) is 0.361. The number of primary amides is 1. The van der Waals surface area contributed by atoms with Crippen LogP contribution in [0.5, 0.6) is 11.5 Å². The van der Waals surface area contributed by atoms with Crippen LogP contribution in [0, 0.1) is 0 Å². The summed E-state index contributed by atoms with van der Waals surface area (Å²) in [5, 5.41) is 8.88. The number of hydrogen-bond donors (Lipinski definition) is 4. The van der Waals surface area contributed by atoms with Gasteiger partial charge in [-0.3, -0.25) is 9.59 Å². The van der Waals surface area contributed by atoms with Crippen molar-refractivity contribution in [3.8, 4) is 22.9 Å². The van der Waals surface area contributed by atoms with Gasteiger partial charge >= 0.3 is 6.18 Å². The van der Waals surface area contributed by atoms with Crippen molar-refractivity contribution in [1.82, 2.24) is 20.6 Å². The van der Waals surface area contributed by atoms with E-state index in [1.54, 1.807) is 24.3 Å². The summed E-state index contributed by atoms with van der Waals surface area (Å²) in [7, 11) is 0. The molecule has 2 aliphatic heterocycles. The largest absolute Gasteiger partial charge is 0.457 e. The molecule has 0 radical (unpaired) electrons. The lowest BCUT2D eigenvalue weighted by atomic mass is 9.97. The minimum atomic E-state index is -4.48. The zero-order valence-corrected chi connectivity index (χ0v) is 20.6. The molecule has 202 valence electrons. The van der Waals surface area contributed by atoms with Gasteiger partial charge in [0.25, 0.3) is 5.91 Å². The number of ether oxygens (including phenoxy) is 1. The summed E-state index contributed by atoms with van der Waals surface area (Å²) < 4.78 is 46.2. The standard InChI is InChI=1S/C27H25F3N6O3/c28-27(29,30)17-3-6-22(19(13-17)15-7-10-32-11-8-15)39-18-4-1-16(2-5-18)25-35-21(24(31)37)14-23(36-25)34-20-9-12-33-26(20)38/h1-7,13-14,20,32H,8-12H2,(H2,31,37)(H,33,38)(H,34,35,36)/t20-/m0/s1. The minimum Gasteiger partial charge on any atom is -0.457 e. The Labute approximate surface area is 221 Å². The Morgan fingerprint density at radius 2 is 1.87 bits per heavy atom. The molecule has 3 aromatic rings. The van der Waals surface area contributed by atoms with Crippen molar-refractivity contribution in [3.63, 3.8) is 0 Å². The fourth-order valence-electron chi connectivity index (χ4n) is 4.40. The van der Waals surface area contributed by atoms with Crippen LogP contribution < -0.4 is 26.4 Å². The van der Waals surface area contributed by atoms with Gasteiger partial charge in [-0.2, -0.15) is 13.2 Å². The average molecular weight is 539 g/mol. The molecule has 5 rings (SSSR count). The summed E-state index contributed by atoms with van der Waals surface area (Å²) in [6.45, 7) is 1.75. The molecule has 0 aliphatic carbocycles. The second-order valence-corrected chi connectivity index (χ2v) is 9.12. The van der Waals surface area contributed by atoms with Gasteiger partial charge in [-0.05, 0) is 67.4 Å². The van der Waals surface area contributed by atoms with Crippen molar-refractivity contribution in [2.75, 3.05) is 25.0 Å². The predicted octanol–water partition coefficient (Wildman–Crippen LogP) is 3.73. The lowest BCUT2D eigenvalue weighted by Gasteiger charge is -2.19. The van der Waals surface area contributed by atoms with E-state index in [2.05, 4.69) is 25.9 Å². The van der Waals surface area contributed by atoms with Crippen LogP contribution in [-0.4, -0.2) is 47.5 Å². The van der Waals surface area contributed by atoms with Crippen LogP contribution in [0.2, 0.25) is 0 Å². The normalized spacial score (nSPS) is 17.4. The minimum absolute atomic E-state index is 0.0223. The highest BCUT2D eigenvalue weighted by atomic mass is 19.4. The number of halogens is 3. The predicted molar refractivity (Wildman–Crippen MR) is 138 cm³/mol. The van der Waals surface area contributed by atoms with Crippen molar-refractivity contribution in [2.45, 2.75) is 25.1 Å². The molecule has 9 nitrogen and oxygen atoms in total. The maximum Gasteiger partial charge on any atom is 0.416 e. The van der Waals surface area contributed by atoms with E-state index >= 15 is 0 Å². The molecule has 0 saturated carbocycles. The highest BCUT2D eigenvalue weighted by Crippen LogP contribution is 2.38. The summed E-state index contributed by atoms with van der Waals surface area (Å²) in [6.07, 6.45) is -1.48. The van der Waals surface area contributed by atoms with Gasteiger partial charge in [0.15, 0.2) is 5.82 Å². The van der Waals surface area contributed by atoms with E-state index in [1.165, 1.54) is 12.1 Å². The van der Waals surface area contributed by atoms with Crippen LogP contribution >= 0.6 is 0 Å². The summed E-state index contributed by atoms with van der Waals surface area (Å²) in [5.74, 6) is 0.257. The Kier molecular flexibility index (Phi) is 7.20. The van der Waals surface area contributed by atoms with Gasteiger partial charge in [0.05, 0.1) is 5.56 Å². The Balaban J connectivity index is 1.42. The second-order valence-electron chi connectivity index (χ2n) is 9.12. The summed E-state index contributed by atoms with van der Waals surface area (Å²) in [4.78, 5) is 32.5. The zero-order chi connectivity index (χ0) is 27.6. The number of rotatable bonds is 7. The molecule has 1 fully saturated rings. The molecular weight excluding hydrogens is 513 g/mol. The van der Waals surface area contributed by atoms with Crippen molar-refractivity contribution in [3.05, 3.63) is 71.4 Å². The number of benzene rings is 2. The topological polar surface area (TPSA) is 131 Å². The molecule has 2 aromatic carbocycles. The number of alkyl halides is 3. The van der Waals surface area contributed by atoms with E-state index in [0.29, 0.717) is 55.1 Å². The Bertz CT molecular complexity index is 1440. The first kappa shape index (κ1) is 26.2. The number of amides is 2. The maximum absolute atomic E-state index is 13.4. The SMILES string of the molecule is NC(=O)c1cc(N[C@H]2CCNC2=O)nc(-c2ccc(Oc3ccc(C(F)(F)F)cc3C3=CCNCC3)cc2)n1. The van der Waals surface area contributed by atoms with E-state index in [9.17, 15) is 22.8 Å². The van der Waals surface area contributed by atoms with Crippen LogP contribution in [0.4, 0.5) is 19.0 Å². The van der Waals surface area contributed by atoms with Gasteiger partial charge in [0, 0.05) is 30.3 Å². The number of hydrogen-bond acceptors (Lipinski definition) is 7. The summed E-state index contributed by atoms with van der Waals surface area (Å²) in [5.41, 5.74) is 6.39. The van der Waals surface area contributed by atoms with Crippen molar-refractivity contribution >= 4 is 23.2 Å². The Morgan fingerprint density at radius 3 is 2.51 bits per heavy atom. The Morgan fingerprint density at radius 1 is 1.08 bits per heavy atom. The van der Waals surface area contributed by atoms with Crippen LogP contribution in [0.1, 0.15) is 34.5 Å². The molecule has 1 atom stereocenters. The monoisotopic (exact) mass is 538 g/mol. The van der Waals surface area contributed by atoms with Gasteiger partial charge < -0.3 is 26.4 Å². The van der Waals surface area contributed by atoms with E-state index in [-0.39, 0.29) is 23.2 Å². The smallest absolute Gasteiger partial charge is 0.416 e. The molecule has 1 saturated heterocycles. The summed E-state index contributed by atoms with van der Waals surface area (Å²) >= 11 is 0. The Hall–Kier alpha value is -4.45. The van der Waals surface area contributed by atoms with Crippen molar-refractivity contribution < 1.29 is 27.5 Å². The second kappa shape index (κ2) is 10.7. The number of carbonyl (C=O) groups excluding carboxylic acids is 2. The van der Waals surface area contributed by atoms with E-state index in [0.717, 1.165) is 17.7 Å². The lowest BCUT2D eigenvalue weighted by Crippen LogP contribution is -2.30. The maximum atomic E-state index is 13.4. The van der Waals surface area contributed by atoms with Crippen LogP contribution in [0.15, 0.2) is 54.6 Å². The zero-order valence-electron chi connectivity index (χ0n) is 20.6. The van der Waals surface area contributed by atoms with Crippen LogP contribution in [-0.2, 0) is 11.0 Å². The summed E-state index contributed by atoms with van der Waals surface area (Å²) in [6, 6.07) is 10.9. The number of nitrogens with two attached hydrogens (primary N) is 1. The third-order valence-corrected chi connectivity index (χ3v) is 6.41. The molecule has 12 heteroatoms. The molecule has 2 amide bonds. The highest BCUT2D eigenvalue weighted by molar-refractivity contribution is 5.92. The lowest BCUT2D eigenvalue weighted by molar-refractivity contribution is -0.137. The molecule has 3 heterocycles. The third-order valence-electron chi connectivity index (χ3n) is 6.41. The van der Waals surface area contributed by atoms with E-state index < -0.39 is 23.7 Å². The molecule has 39 heavy (non-hydrogen) atoms. The first-order valence-corrected chi connectivity index (χ1v) is 12.3. The number of carbonyl (C=O) groups is 2. The van der Waals surface area contributed by atoms with Gasteiger partial charge in [-0.15, -0.1) is 0 Å². The average Bonchev–Trinajstić information content (AvgIpc) is 3.33. The first-order chi connectivity index (χ1) is 18.7. The first-order valence-electron chi connectivity index (χ1n) is 12.3. The highest BCUT2D eigenvalue weighted by Gasteiger charge is 2.32. The van der Waals surface area contributed by atoms with Crippen LogP contribution in [0.25, 0.3) is 17.0 Å². The molecule has 0 unspecified atom stereocenters. The van der Waals surface area contributed by atoms with Crippen molar-refractivity contribution in [2.24, 2.45) is 5.73 Å². The molecule has 1 aromatic heterocycles. The van der Waals surface area contributed by atoms with Crippen LogP contribution in [0.3, 0.4) is 0 Å². The number of aromatic nitrogens is 2. The van der Waals surface area contributed by atoms with Gasteiger partial charge in [0.2, 0.25) is 5.91 Å². The number of anilines is 1. The molecular formula is C27H25F3N6O3. The van der Waals surface area contributed by atoms with Gasteiger partial charge in [-0.1, -0.05) is 6.08 Å². The molecule has 5 N–H and O–H groups in total. The van der Waals surface area contributed by atoms with E-state index in [1.807, 2.05) is 6.08 Å². The van der Waals surface area contributed by atoms with Crippen molar-refractivity contribution in [1.29, 1.82) is 0 Å². The third kappa shape index (κ3) is 6.01. The number of nitrogens with one attached hydrogen (secondary N) is 3. The molecule has 0 spiro atoms.